The number of hydrogen-bond acceptors (Lipinski definition) is 3. The number of carbonyl (C=O) groups is 2. The normalized spacial score (nSPS) is 15.8. The molecule has 0 radical (unpaired) electrons. The molecule has 1 saturated carbocycles. The Kier molecular flexibility index (Phi) is 4.17. The summed E-state index contributed by atoms with van der Waals surface area (Å²) in [6.07, 6.45) is 3.61. The fourth-order valence-corrected chi connectivity index (χ4v) is 3.06. The molecule has 1 aliphatic carbocycles. The van der Waals surface area contributed by atoms with E-state index in [1.54, 1.807) is 0 Å². The van der Waals surface area contributed by atoms with Gasteiger partial charge in [-0.2, -0.15) is 0 Å². The van der Waals surface area contributed by atoms with Gasteiger partial charge in [0.05, 0.1) is 12.0 Å². The lowest BCUT2D eigenvalue weighted by Crippen LogP contribution is -2.43. The quantitative estimate of drug-likeness (QED) is 0.881. The van der Waals surface area contributed by atoms with Gasteiger partial charge in [0.25, 0.3) is 5.91 Å². The molecule has 0 atom stereocenters. The molecule has 5 nitrogen and oxygen atoms in total. The van der Waals surface area contributed by atoms with E-state index in [4.69, 9.17) is 5.11 Å². The number of rotatable bonds is 5. The first kappa shape index (κ1) is 16.3. The number of nitrogens with zero attached hydrogens (tertiary/aromatic N) is 1. The number of hydrogen-bond donors (Lipinski definition) is 2. The van der Waals surface area contributed by atoms with Gasteiger partial charge in [-0.15, -0.1) is 0 Å². The molecule has 0 unspecified atom stereocenters. The van der Waals surface area contributed by atoms with Crippen molar-refractivity contribution in [2.24, 2.45) is 5.41 Å². The van der Waals surface area contributed by atoms with E-state index >= 15 is 0 Å². The minimum atomic E-state index is -0.895. The standard InChI is InChI=1S/C17H16F2N2O3/c18-12-2-3-13(19)15-11(12)6-10(8-20-15)16(24)21-9-17(4-1-5-17)7-14(22)23/h2-3,6,8H,1,4-5,7,9H2,(H,21,24)(H,22,23). The second-order valence-electron chi connectivity index (χ2n) is 6.26. The van der Waals surface area contributed by atoms with Gasteiger partial charge in [0, 0.05) is 18.1 Å². The second kappa shape index (κ2) is 6.14. The molecule has 1 heterocycles. The zero-order chi connectivity index (χ0) is 17.3. The first-order valence-electron chi connectivity index (χ1n) is 7.64. The van der Waals surface area contributed by atoms with E-state index in [9.17, 15) is 18.4 Å². The summed E-state index contributed by atoms with van der Waals surface area (Å²) in [5.41, 5.74) is -0.437. The third-order valence-electron chi connectivity index (χ3n) is 4.57. The first-order chi connectivity index (χ1) is 11.4. The smallest absolute Gasteiger partial charge is 0.303 e. The largest absolute Gasteiger partial charge is 0.481 e. The minimum absolute atomic E-state index is 0.00307. The zero-order valence-electron chi connectivity index (χ0n) is 12.8. The SMILES string of the molecule is O=C(O)CC1(CNC(=O)c2cnc3c(F)ccc(F)c3c2)CCC1. The highest BCUT2D eigenvalue weighted by atomic mass is 19.1. The summed E-state index contributed by atoms with van der Waals surface area (Å²) in [7, 11) is 0. The lowest BCUT2D eigenvalue weighted by Gasteiger charge is -2.40. The van der Waals surface area contributed by atoms with E-state index in [1.165, 1.54) is 12.3 Å². The number of aliphatic carboxylic acids is 1. The molecule has 1 aromatic carbocycles. The molecular weight excluding hydrogens is 318 g/mol. The number of carboxylic acid groups (broad SMARTS) is 1. The molecule has 1 amide bonds. The van der Waals surface area contributed by atoms with Crippen LogP contribution in [0.5, 0.6) is 0 Å². The number of carbonyl (C=O) groups excluding carboxylic acids is 1. The molecule has 2 aromatic rings. The van der Waals surface area contributed by atoms with Crippen LogP contribution in [-0.2, 0) is 4.79 Å². The predicted molar refractivity (Wildman–Crippen MR) is 82.5 cm³/mol. The lowest BCUT2D eigenvalue weighted by molar-refractivity contribution is -0.141. The van der Waals surface area contributed by atoms with E-state index in [2.05, 4.69) is 10.3 Å². The third kappa shape index (κ3) is 3.06. The Morgan fingerprint density at radius 1 is 1.25 bits per heavy atom. The molecule has 0 spiro atoms. The van der Waals surface area contributed by atoms with Gasteiger partial charge in [-0.1, -0.05) is 6.42 Å². The predicted octanol–water partition coefficient (Wildman–Crippen LogP) is 2.89. The van der Waals surface area contributed by atoms with Crippen molar-refractivity contribution in [1.29, 1.82) is 0 Å². The molecule has 3 rings (SSSR count). The molecule has 2 N–H and O–H groups in total. The van der Waals surface area contributed by atoms with Crippen LogP contribution in [0.3, 0.4) is 0 Å². The van der Waals surface area contributed by atoms with Crippen molar-refractivity contribution < 1.29 is 23.5 Å². The van der Waals surface area contributed by atoms with Gasteiger partial charge in [-0.25, -0.2) is 8.78 Å². The summed E-state index contributed by atoms with van der Waals surface area (Å²) in [6, 6.07) is 3.22. The second-order valence-corrected chi connectivity index (χ2v) is 6.26. The van der Waals surface area contributed by atoms with Gasteiger partial charge >= 0.3 is 5.97 Å². The minimum Gasteiger partial charge on any atom is -0.481 e. The lowest BCUT2D eigenvalue weighted by atomic mass is 9.66. The number of fused-ring (bicyclic) bond motifs is 1. The molecular formula is C17H16F2N2O3. The zero-order valence-corrected chi connectivity index (χ0v) is 12.8. The van der Waals surface area contributed by atoms with Crippen molar-refractivity contribution in [2.45, 2.75) is 25.7 Å². The van der Waals surface area contributed by atoms with Gasteiger partial charge in [0.2, 0.25) is 0 Å². The Bertz CT molecular complexity index is 819. The monoisotopic (exact) mass is 334 g/mol. The Morgan fingerprint density at radius 3 is 2.58 bits per heavy atom. The first-order valence-corrected chi connectivity index (χ1v) is 7.64. The van der Waals surface area contributed by atoms with Crippen molar-refractivity contribution in [1.82, 2.24) is 10.3 Å². The van der Waals surface area contributed by atoms with E-state index in [0.717, 1.165) is 31.4 Å². The molecule has 0 aliphatic heterocycles. The van der Waals surface area contributed by atoms with E-state index < -0.39 is 28.9 Å². The Morgan fingerprint density at radius 2 is 1.96 bits per heavy atom. The van der Waals surface area contributed by atoms with Crippen LogP contribution in [0.15, 0.2) is 24.4 Å². The maximum Gasteiger partial charge on any atom is 0.303 e. The number of halogens is 2. The topological polar surface area (TPSA) is 79.3 Å². The summed E-state index contributed by atoms with van der Waals surface area (Å²) in [5, 5.41) is 11.6. The molecule has 7 heteroatoms. The maximum atomic E-state index is 13.8. The number of aromatic nitrogens is 1. The average Bonchev–Trinajstić information content (AvgIpc) is 2.52. The van der Waals surface area contributed by atoms with E-state index in [0.29, 0.717) is 0 Å². The summed E-state index contributed by atoms with van der Waals surface area (Å²) >= 11 is 0. The van der Waals surface area contributed by atoms with Crippen LogP contribution < -0.4 is 5.32 Å². The number of benzene rings is 1. The summed E-state index contributed by atoms with van der Waals surface area (Å²) in [4.78, 5) is 27.0. The van der Waals surface area contributed by atoms with E-state index in [-0.39, 0.29) is 29.4 Å². The molecule has 0 saturated heterocycles. The van der Waals surface area contributed by atoms with Crippen molar-refractivity contribution in [3.8, 4) is 0 Å². The van der Waals surface area contributed by atoms with Gasteiger partial charge in [-0.05, 0) is 36.5 Å². The average molecular weight is 334 g/mol. The van der Waals surface area contributed by atoms with Crippen LogP contribution in [0.25, 0.3) is 10.9 Å². The Labute approximate surface area is 136 Å². The molecule has 126 valence electrons. The highest BCUT2D eigenvalue weighted by Crippen LogP contribution is 2.43. The summed E-state index contributed by atoms with van der Waals surface area (Å²) in [5.74, 6) is -2.69. The van der Waals surface area contributed by atoms with Crippen molar-refractivity contribution in [3.63, 3.8) is 0 Å². The van der Waals surface area contributed by atoms with Gasteiger partial charge in [0.1, 0.15) is 17.2 Å². The number of amides is 1. The molecule has 0 bridgehead atoms. The van der Waals surface area contributed by atoms with Crippen molar-refractivity contribution in [3.05, 3.63) is 41.6 Å². The fraction of sp³-hybridized carbons (Fsp3) is 0.353. The van der Waals surface area contributed by atoms with Gasteiger partial charge < -0.3 is 10.4 Å². The van der Waals surface area contributed by atoms with Gasteiger partial charge in [0.15, 0.2) is 0 Å². The van der Waals surface area contributed by atoms with Crippen LogP contribution in [-0.4, -0.2) is 28.5 Å². The van der Waals surface area contributed by atoms with Crippen molar-refractivity contribution in [2.75, 3.05) is 6.54 Å². The molecule has 24 heavy (non-hydrogen) atoms. The Balaban J connectivity index is 1.77. The van der Waals surface area contributed by atoms with Gasteiger partial charge in [-0.3, -0.25) is 14.6 Å². The summed E-state index contributed by atoms with van der Waals surface area (Å²) in [6.45, 7) is 0.238. The molecule has 1 fully saturated rings. The maximum absolute atomic E-state index is 13.8. The van der Waals surface area contributed by atoms with Crippen molar-refractivity contribution >= 4 is 22.8 Å². The summed E-state index contributed by atoms with van der Waals surface area (Å²) < 4.78 is 27.4. The van der Waals surface area contributed by atoms with Crippen LogP contribution in [0.2, 0.25) is 0 Å². The number of pyridine rings is 1. The number of carboxylic acids is 1. The number of nitrogens with one attached hydrogen (secondary N) is 1. The highest BCUT2D eigenvalue weighted by molar-refractivity contribution is 5.97. The van der Waals surface area contributed by atoms with Crippen LogP contribution in [0.4, 0.5) is 8.78 Å². The van der Waals surface area contributed by atoms with E-state index in [1.807, 2.05) is 0 Å². The highest BCUT2D eigenvalue weighted by Gasteiger charge is 2.39. The molecule has 1 aromatic heterocycles. The van der Waals surface area contributed by atoms with Crippen LogP contribution in [0.1, 0.15) is 36.0 Å². The third-order valence-corrected chi connectivity index (χ3v) is 4.57. The van der Waals surface area contributed by atoms with Crippen LogP contribution >= 0.6 is 0 Å². The molecule has 1 aliphatic rings. The van der Waals surface area contributed by atoms with Crippen LogP contribution in [0, 0.1) is 17.0 Å². The fourth-order valence-electron chi connectivity index (χ4n) is 3.06. The Hall–Kier alpha value is -2.57.